The molecule has 0 aliphatic carbocycles. The number of ether oxygens (including phenoxy) is 1. The lowest BCUT2D eigenvalue weighted by Gasteiger charge is -2.18. The standard InChI is InChI=1S/C16H18O4/c17-10-11-20-14-8-6-13(7-9-14)16(19)15(18)12-4-2-1-3-5-12/h1-9,15-19H,10-11H2/t15-,16-/m1/s1. The summed E-state index contributed by atoms with van der Waals surface area (Å²) in [6, 6.07) is 15.8. The van der Waals surface area contributed by atoms with Gasteiger partial charge in [-0.2, -0.15) is 0 Å². The average Bonchev–Trinajstić information content (AvgIpc) is 2.53. The van der Waals surface area contributed by atoms with E-state index in [9.17, 15) is 10.2 Å². The van der Waals surface area contributed by atoms with E-state index in [2.05, 4.69) is 0 Å². The highest BCUT2D eigenvalue weighted by molar-refractivity contribution is 5.30. The second kappa shape index (κ2) is 7.05. The summed E-state index contributed by atoms with van der Waals surface area (Å²) >= 11 is 0. The van der Waals surface area contributed by atoms with Crippen LogP contribution >= 0.6 is 0 Å². The third kappa shape index (κ3) is 3.57. The summed E-state index contributed by atoms with van der Waals surface area (Å²) < 4.78 is 5.24. The monoisotopic (exact) mass is 274 g/mol. The Morgan fingerprint density at radius 2 is 1.35 bits per heavy atom. The lowest BCUT2D eigenvalue weighted by molar-refractivity contribution is 0.0172. The molecule has 0 unspecified atom stereocenters. The molecule has 0 fully saturated rings. The van der Waals surface area contributed by atoms with Crippen molar-refractivity contribution in [2.75, 3.05) is 13.2 Å². The number of benzene rings is 2. The summed E-state index contributed by atoms with van der Waals surface area (Å²) in [5, 5.41) is 29.0. The maximum atomic E-state index is 10.2. The molecule has 0 amide bonds. The zero-order valence-corrected chi connectivity index (χ0v) is 11.0. The maximum absolute atomic E-state index is 10.2. The molecule has 0 heterocycles. The summed E-state index contributed by atoms with van der Waals surface area (Å²) in [7, 11) is 0. The first kappa shape index (κ1) is 14.5. The predicted molar refractivity (Wildman–Crippen MR) is 75.4 cm³/mol. The van der Waals surface area contributed by atoms with Crippen molar-refractivity contribution in [1.82, 2.24) is 0 Å². The van der Waals surface area contributed by atoms with Gasteiger partial charge in [-0.1, -0.05) is 42.5 Å². The highest BCUT2D eigenvalue weighted by atomic mass is 16.5. The summed E-state index contributed by atoms with van der Waals surface area (Å²) in [6.45, 7) is 0.186. The second-order valence-corrected chi connectivity index (χ2v) is 4.44. The molecule has 0 aliphatic heterocycles. The third-order valence-electron chi connectivity index (χ3n) is 3.02. The van der Waals surface area contributed by atoms with Gasteiger partial charge in [0.15, 0.2) is 0 Å². The number of rotatable bonds is 6. The number of aliphatic hydroxyl groups is 3. The van der Waals surface area contributed by atoms with E-state index < -0.39 is 12.2 Å². The van der Waals surface area contributed by atoms with E-state index in [0.717, 1.165) is 0 Å². The molecule has 3 N–H and O–H groups in total. The van der Waals surface area contributed by atoms with E-state index in [1.807, 2.05) is 18.2 Å². The molecule has 2 aromatic carbocycles. The van der Waals surface area contributed by atoms with Gasteiger partial charge in [0.1, 0.15) is 24.6 Å². The Morgan fingerprint density at radius 3 is 1.90 bits per heavy atom. The van der Waals surface area contributed by atoms with Crippen molar-refractivity contribution in [3.8, 4) is 5.75 Å². The van der Waals surface area contributed by atoms with E-state index >= 15 is 0 Å². The van der Waals surface area contributed by atoms with Crippen LogP contribution in [0.4, 0.5) is 0 Å². The third-order valence-corrected chi connectivity index (χ3v) is 3.02. The van der Waals surface area contributed by atoms with E-state index in [4.69, 9.17) is 9.84 Å². The smallest absolute Gasteiger partial charge is 0.119 e. The van der Waals surface area contributed by atoms with Crippen LogP contribution in [-0.4, -0.2) is 28.5 Å². The van der Waals surface area contributed by atoms with Gasteiger partial charge in [-0.05, 0) is 23.3 Å². The molecule has 4 nitrogen and oxygen atoms in total. The first-order valence-electron chi connectivity index (χ1n) is 6.47. The van der Waals surface area contributed by atoms with Gasteiger partial charge in [-0.3, -0.25) is 0 Å². The Balaban J connectivity index is 2.07. The highest BCUT2D eigenvalue weighted by Crippen LogP contribution is 2.29. The Kier molecular flexibility index (Phi) is 5.12. The number of aliphatic hydroxyl groups excluding tert-OH is 3. The molecule has 0 spiro atoms. The molecular weight excluding hydrogens is 256 g/mol. The first-order valence-corrected chi connectivity index (χ1v) is 6.47. The maximum Gasteiger partial charge on any atom is 0.119 e. The molecule has 0 bridgehead atoms. The Labute approximate surface area is 117 Å². The van der Waals surface area contributed by atoms with Crippen LogP contribution in [0, 0.1) is 0 Å². The van der Waals surface area contributed by atoms with E-state index in [0.29, 0.717) is 16.9 Å². The lowest BCUT2D eigenvalue weighted by Crippen LogP contribution is -2.10. The topological polar surface area (TPSA) is 69.9 Å². The largest absolute Gasteiger partial charge is 0.491 e. The van der Waals surface area contributed by atoms with Gasteiger partial charge < -0.3 is 20.1 Å². The Bertz CT molecular complexity index is 510. The summed E-state index contributed by atoms with van der Waals surface area (Å²) in [5.41, 5.74) is 1.28. The first-order chi connectivity index (χ1) is 9.72. The normalized spacial score (nSPS) is 13.8. The molecule has 20 heavy (non-hydrogen) atoms. The molecule has 2 aromatic rings. The molecule has 2 atom stereocenters. The van der Waals surface area contributed by atoms with Crippen LogP contribution < -0.4 is 4.74 Å². The molecule has 2 rings (SSSR count). The van der Waals surface area contributed by atoms with Crippen LogP contribution in [0.1, 0.15) is 23.3 Å². The fourth-order valence-corrected chi connectivity index (χ4v) is 1.94. The number of hydrogen-bond acceptors (Lipinski definition) is 4. The molecule has 0 aliphatic rings. The van der Waals surface area contributed by atoms with Gasteiger partial charge in [-0.15, -0.1) is 0 Å². The van der Waals surface area contributed by atoms with Crippen molar-refractivity contribution in [3.63, 3.8) is 0 Å². The van der Waals surface area contributed by atoms with Gasteiger partial charge in [0.05, 0.1) is 6.61 Å². The van der Waals surface area contributed by atoms with Crippen LogP contribution in [0.2, 0.25) is 0 Å². The van der Waals surface area contributed by atoms with Crippen LogP contribution in [-0.2, 0) is 0 Å². The van der Waals surface area contributed by atoms with Crippen molar-refractivity contribution in [2.24, 2.45) is 0 Å². The molecule has 0 aromatic heterocycles. The summed E-state index contributed by atoms with van der Waals surface area (Å²) in [5.74, 6) is 0.615. The van der Waals surface area contributed by atoms with E-state index in [1.54, 1.807) is 36.4 Å². The van der Waals surface area contributed by atoms with Crippen LogP contribution in [0.5, 0.6) is 5.75 Å². The van der Waals surface area contributed by atoms with Crippen LogP contribution in [0.25, 0.3) is 0 Å². The van der Waals surface area contributed by atoms with Crippen molar-refractivity contribution in [1.29, 1.82) is 0 Å². The zero-order chi connectivity index (χ0) is 14.4. The number of hydrogen-bond donors (Lipinski definition) is 3. The Hall–Kier alpha value is -1.88. The minimum absolute atomic E-state index is 0.0445. The molecule has 4 heteroatoms. The molecule has 0 radical (unpaired) electrons. The molecular formula is C16H18O4. The van der Waals surface area contributed by atoms with Gasteiger partial charge in [0, 0.05) is 0 Å². The zero-order valence-electron chi connectivity index (χ0n) is 11.0. The second-order valence-electron chi connectivity index (χ2n) is 4.44. The van der Waals surface area contributed by atoms with E-state index in [1.165, 1.54) is 0 Å². The lowest BCUT2D eigenvalue weighted by atomic mass is 9.98. The van der Waals surface area contributed by atoms with Crippen LogP contribution in [0.15, 0.2) is 54.6 Å². The van der Waals surface area contributed by atoms with Crippen molar-refractivity contribution < 1.29 is 20.1 Å². The van der Waals surface area contributed by atoms with Gasteiger partial charge >= 0.3 is 0 Å². The van der Waals surface area contributed by atoms with Gasteiger partial charge in [-0.25, -0.2) is 0 Å². The predicted octanol–water partition coefficient (Wildman–Crippen LogP) is 1.82. The SMILES string of the molecule is OCCOc1ccc([C@@H](O)[C@H](O)c2ccccc2)cc1. The average molecular weight is 274 g/mol. The van der Waals surface area contributed by atoms with E-state index in [-0.39, 0.29) is 13.2 Å². The summed E-state index contributed by atoms with van der Waals surface area (Å²) in [4.78, 5) is 0. The van der Waals surface area contributed by atoms with Crippen molar-refractivity contribution >= 4 is 0 Å². The van der Waals surface area contributed by atoms with Gasteiger partial charge in [0.2, 0.25) is 0 Å². The molecule has 0 saturated heterocycles. The quantitative estimate of drug-likeness (QED) is 0.751. The fraction of sp³-hybridized carbons (Fsp3) is 0.250. The van der Waals surface area contributed by atoms with Crippen molar-refractivity contribution in [2.45, 2.75) is 12.2 Å². The Morgan fingerprint density at radius 1 is 0.800 bits per heavy atom. The fourth-order valence-electron chi connectivity index (χ4n) is 1.94. The van der Waals surface area contributed by atoms with Gasteiger partial charge in [0.25, 0.3) is 0 Å². The summed E-state index contributed by atoms with van der Waals surface area (Å²) in [6.07, 6.45) is -1.97. The van der Waals surface area contributed by atoms with Crippen LogP contribution in [0.3, 0.4) is 0 Å². The highest BCUT2D eigenvalue weighted by Gasteiger charge is 2.19. The van der Waals surface area contributed by atoms with Crippen molar-refractivity contribution in [3.05, 3.63) is 65.7 Å². The minimum Gasteiger partial charge on any atom is -0.491 e. The minimum atomic E-state index is -0.996. The molecule has 106 valence electrons. The molecule has 0 saturated carbocycles.